The van der Waals surface area contributed by atoms with Gasteiger partial charge in [-0.1, -0.05) is 33.6 Å². The van der Waals surface area contributed by atoms with Gasteiger partial charge in [-0.05, 0) is 25.2 Å². The van der Waals surface area contributed by atoms with E-state index in [0.29, 0.717) is 24.6 Å². The third kappa shape index (κ3) is 7.31. The smallest absolute Gasteiger partial charge is 0.271 e. The maximum absolute atomic E-state index is 12.6. The second kappa shape index (κ2) is 11.9. The van der Waals surface area contributed by atoms with Crippen LogP contribution in [0.25, 0.3) is 10.0 Å². The molecule has 0 radical (unpaired) electrons. The molecule has 2 aromatic rings. The number of hydrogen-bond acceptors (Lipinski definition) is 6. The van der Waals surface area contributed by atoms with E-state index >= 15 is 0 Å². The summed E-state index contributed by atoms with van der Waals surface area (Å²) in [5, 5.41) is 9.50. The van der Waals surface area contributed by atoms with Crippen molar-refractivity contribution in [3.8, 4) is 10.0 Å². The molecule has 154 valence electrons. The van der Waals surface area contributed by atoms with Crippen LogP contribution in [0.2, 0.25) is 0 Å². The molecule has 2 rings (SSSR count). The summed E-state index contributed by atoms with van der Waals surface area (Å²) in [7, 11) is 0. The SMILES string of the molecule is CCC(=O)NCCCCCCNC(=O)c1nc(-c2nccs2)sc1CC(C)C. The lowest BCUT2D eigenvalue weighted by atomic mass is 10.1. The first-order valence-corrected chi connectivity index (χ1v) is 11.6. The van der Waals surface area contributed by atoms with Gasteiger partial charge in [0.1, 0.15) is 5.69 Å². The number of thiazole rings is 2. The quantitative estimate of drug-likeness (QED) is 0.500. The number of amides is 2. The van der Waals surface area contributed by atoms with Gasteiger partial charge >= 0.3 is 0 Å². The molecule has 6 nitrogen and oxygen atoms in total. The zero-order valence-corrected chi connectivity index (χ0v) is 18.5. The van der Waals surface area contributed by atoms with Gasteiger partial charge in [0.2, 0.25) is 5.91 Å². The fourth-order valence-corrected chi connectivity index (χ4v) is 4.65. The van der Waals surface area contributed by atoms with Crippen LogP contribution in [0.1, 0.15) is 68.2 Å². The van der Waals surface area contributed by atoms with Gasteiger partial charge in [-0.15, -0.1) is 22.7 Å². The highest BCUT2D eigenvalue weighted by Crippen LogP contribution is 2.31. The third-order valence-electron chi connectivity index (χ3n) is 4.15. The Morgan fingerprint density at radius 1 is 1.07 bits per heavy atom. The molecule has 0 fully saturated rings. The topological polar surface area (TPSA) is 84.0 Å². The first-order valence-electron chi connectivity index (χ1n) is 9.95. The molecule has 0 aliphatic heterocycles. The Bertz CT molecular complexity index is 741. The minimum absolute atomic E-state index is 0.0927. The van der Waals surface area contributed by atoms with Crippen molar-refractivity contribution in [2.24, 2.45) is 5.92 Å². The van der Waals surface area contributed by atoms with E-state index in [1.54, 1.807) is 28.9 Å². The van der Waals surface area contributed by atoms with Crippen LogP contribution in [0, 0.1) is 5.92 Å². The minimum Gasteiger partial charge on any atom is -0.356 e. The van der Waals surface area contributed by atoms with Gasteiger partial charge in [-0.25, -0.2) is 9.97 Å². The zero-order chi connectivity index (χ0) is 20.4. The van der Waals surface area contributed by atoms with E-state index < -0.39 is 0 Å². The maximum Gasteiger partial charge on any atom is 0.271 e. The molecule has 0 saturated heterocycles. The van der Waals surface area contributed by atoms with Crippen LogP contribution in [0.3, 0.4) is 0 Å². The van der Waals surface area contributed by atoms with Gasteiger partial charge in [0.05, 0.1) is 0 Å². The molecule has 0 spiro atoms. The minimum atomic E-state index is -0.0927. The highest BCUT2D eigenvalue weighted by molar-refractivity contribution is 7.20. The lowest BCUT2D eigenvalue weighted by molar-refractivity contribution is -0.120. The number of rotatable bonds is 12. The molecule has 0 saturated carbocycles. The summed E-state index contributed by atoms with van der Waals surface area (Å²) in [6, 6.07) is 0. The Kier molecular flexibility index (Phi) is 9.57. The van der Waals surface area contributed by atoms with Crippen molar-refractivity contribution in [3.05, 3.63) is 22.1 Å². The number of carbonyl (C=O) groups is 2. The monoisotopic (exact) mass is 422 g/mol. The van der Waals surface area contributed by atoms with Crippen LogP contribution < -0.4 is 10.6 Å². The fourth-order valence-electron chi connectivity index (χ4n) is 2.70. The normalized spacial score (nSPS) is 11.0. The van der Waals surface area contributed by atoms with Gasteiger partial charge in [-0.3, -0.25) is 9.59 Å². The largest absolute Gasteiger partial charge is 0.356 e. The number of carbonyl (C=O) groups excluding carboxylic acids is 2. The lowest BCUT2D eigenvalue weighted by Gasteiger charge is -2.07. The van der Waals surface area contributed by atoms with Crippen LogP contribution in [0.5, 0.6) is 0 Å². The molecular weight excluding hydrogens is 392 g/mol. The van der Waals surface area contributed by atoms with Crippen molar-refractivity contribution in [2.45, 2.75) is 59.3 Å². The van der Waals surface area contributed by atoms with E-state index in [-0.39, 0.29) is 11.8 Å². The third-order valence-corrected chi connectivity index (χ3v) is 6.15. The van der Waals surface area contributed by atoms with E-state index in [1.165, 1.54) is 0 Å². The summed E-state index contributed by atoms with van der Waals surface area (Å²) in [4.78, 5) is 33.7. The predicted octanol–water partition coefficient (Wildman–Crippen LogP) is 4.28. The Hall–Kier alpha value is -1.80. The van der Waals surface area contributed by atoms with Gasteiger partial charge in [-0.2, -0.15) is 0 Å². The number of nitrogens with one attached hydrogen (secondary N) is 2. The molecule has 2 N–H and O–H groups in total. The van der Waals surface area contributed by atoms with Gasteiger partial charge in [0, 0.05) is 36.0 Å². The molecular formula is C20H30N4O2S2. The van der Waals surface area contributed by atoms with E-state index in [4.69, 9.17) is 0 Å². The molecule has 2 aromatic heterocycles. The molecule has 2 amide bonds. The standard InChI is InChI=1S/C20H30N4O2S2/c1-4-16(25)21-9-7-5-6-8-10-22-18(26)17-15(13-14(2)3)28-20(24-17)19-23-11-12-27-19/h11-12,14H,4-10,13H2,1-3H3,(H,21,25)(H,22,26). The summed E-state index contributed by atoms with van der Waals surface area (Å²) < 4.78 is 0. The second-order valence-corrected chi connectivity index (χ2v) is 9.08. The number of hydrogen-bond donors (Lipinski definition) is 2. The van der Waals surface area contributed by atoms with Crippen LogP contribution >= 0.6 is 22.7 Å². The molecule has 0 bridgehead atoms. The van der Waals surface area contributed by atoms with Crippen molar-refractivity contribution < 1.29 is 9.59 Å². The number of unbranched alkanes of at least 4 members (excludes halogenated alkanes) is 3. The van der Waals surface area contributed by atoms with Gasteiger partial charge < -0.3 is 10.6 Å². The molecule has 2 heterocycles. The molecule has 28 heavy (non-hydrogen) atoms. The van der Waals surface area contributed by atoms with Crippen molar-refractivity contribution in [2.75, 3.05) is 13.1 Å². The first kappa shape index (κ1) is 22.5. The lowest BCUT2D eigenvalue weighted by Crippen LogP contribution is -2.26. The van der Waals surface area contributed by atoms with Crippen LogP contribution in [-0.4, -0.2) is 34.9 Å². The predicted molar refractivity (Wildman–Crippen MR) is 116 cm³/mol. The summed E-state index contributed by atoms with van der Waals surface area (Å²) in [5.41, 5.74) is 0.547. The van der Waals surface area contributed by atoms with Crippen LogP contribution in [0.15, 0.2) is 11.6 Å². The van der Waals surface area contributed by atoms with Gasteiger partial charge in [0.15, 0.2) is 10.0 Å². The second-order valence-electron chi connectivity index (χ2n) is 7.10. The Labute approximate surface area is 175 Å². The molecule has 0 aromatic carbocycles. The average molecular weight is 423 g/mol. The van der Waals surface area contributed by atoms with Crippen molar-refractivity contribution >= 4 is 34.5 Å². The fraction of sp³-hybridized carbons (Fsp3) is 0.600. The Morgan fingerprint density at radius 2 is 1.79 bits per heavy atom. The molecule has 0 unspecified atom stereocenters. The summed E-state index contributed by atoms with van der Waals surface area (Å²) in [6.45, 7) is 7.52. The van der Waals surface area contributed by atoms with E-state index in [1.807, 2.05) is 12.3 Å². The van der Waals surface area contributed by atoms with Crippen molar-refractivity contribution in [1.29, 1.82) is 0 Å². The zero-order valence-electron chi connectivity index (χ0n) is 16.9. The maximum atomic E-state index is 12.6. The molecule has 0 aliphatic rings. The molecule has 0 aliphatic carbocycles. The highest BCUT2D eigenvalue weighted by Gasteiger charge is 2.20. The van der Waals surface area contributed by atoms with E-state index in [2.05, 4.69) is 34.4 Å². The number of nitrogens with zero attached hydrogens (tertiary/aromatic N) is 2. The van der Waals surface area contributed by atoms with Crippen LogP contribution in [0.4, 0.5) is 0 Å². The highest BCUT2D eigenvalue weighted by atomic mass is 32.1. The van der Waals surface area contributed by atoms with Crippen molar-refractivity contribution in [3.63, 3.8) is 0 Å². The Balaban J connectivity index is 1.79. The summed E-state index contributed by atoms with van der Waals surface area (Å²) in [5.74, 6) is 0.471. The number of aromatic nitrogens is 2. The molecule has 8 heteroatoms. The van der Waals surface area contributed by atoms with Crippen molar-refractivity contribution in [1.82, 2.24) is 20.6 Å². The van der Waals surface area contributed by atoms with Crippen LogP contribution in [-0.2, 0) is 11.2 Å². The first-order chi connectivity index (χ1) is 13.5. The van der Waals surface area contributed by atoms with E-state index in [9.17, 15) is 9.59 Å². The molecule has 0 atom stereocenters. The van der Waals surface area contributed by atoms with Gasteiger partial charge in [0.25, 0.3) is 5.91 Å². The average Bonchev–Trinajstić information content (AvgIpc) is 3.32. The van der Waals surface area contributed by atoms with E-state index in [0.717, 1.165) is 53.5 Å². The Morgan fingerprint density at radius 3 is 2.39 bits per heavy atom. The summed E-state index contributed by atoms with van der Waals surface area (Å²) >= 11 is 3.11. The summed E-state index contributed by atoms with van der Waals surface area (Å²) in [6.07, 6.45) is 7.11.